The minimum absolute atomic E-state index is 0.263. The Morgan fingerprint density at radius 1 is 1.00 bits per heavy atom. The molecule has 1 rings (SSSR count). The zero-order chi connectivity index (χ0) is 20.2. The van der Waals surface area contributed by atoms with Gasteiger partial charge < -0.3 is 9.47 Å². The summed E-state index contributed by atoms with van der Waals surface area (Å²) in [6.45, 7) is 11.1. The molecule has 0 saturated carbocycles. The van der Waals surface area contributed by atoms with E-state index in [9.17, 15) is 9.59 Å². The molecule has 0 fully saturated rings. The molecule has 6 nitrogen and oxygen atoms in total. The summed E-state index contributed by atoms with van der Waals surface area (Å²) in [6, 6.07) is 0. The first-order valence-electron chi connectivity index (χ1n) is 9.74. The molecule has 0 aromatic rings. The number of allylic oxidation sites excluding steroid dienone is 4. The smallest absolute Gasteiger partial charge is 0.429 e. The van der Waals surface area contributed by atoms with Gasteiger partial charge >= 0.3 is 12.2 Å². The van der Waals surface area contributed by atoms with Gasteiger partial charge in [-0.05, 0) is 60.3 Å². The molecule has 0 atom stereocenters. The average molecular weight is 379 g/mol. The third-order valence-electron chi connectivity index (χ3n) is 4.20. The highest BCUT2D eigenvalue weighted by atomic mass is 16.6. The van der Waals surface area contributed by atoms with Crippen molar-refractivity contribution in [3.05, 3.63) is 34.9 Å². The van der Waals surface area contributed by atoms with E-state index in [4.69, 9.17) is 9.47 Å². The van der Waals surface area contributed by atoms with Crippen LogP contribution < -0.4 is 0 Å². The van der Waals surface area contributed by atoms with E-state index in [1.165, 1.54) is 21.2 Å². The molecule has 1 aliphatic rings. The topological polar surface area (TPSA) is 59.1 Å². The first-order valence-corrected chi connectivity index (χ1v) is 9.74. The maximum absolute atomic E-state index is 12.2. The quantitative estimate of drug-likeness (QED) is 0.543. The molecule has 152 valence electrons. The Hall–Kier alpha value is -2.24. The molecule has 0 radical (unpaired) electrons. The zero-order valence-corrected chi connectivity index (χ0v) is 17.4. The lowest BCUT2D eigenvalue weighted by Crippen LogP contribution is -2.53. The SMILES string of the molecule is CCOC(=O)N1CC=C(CC/C=C(\C)CCC=C(C)C)CN1C(=O)OCC. The zero-order valence-electron chi connectivity index (χ0n) is 17.4. The van der Waals surface area contributed by atoms with E-state index in [0.29, 0.717) is 13.1 Å². The second kappa shape index (κ2) is 12.2. The van der Waals surface area contributed by atoms with Gasteiger partial charge in [-0.1, -0.05) is 34.9 Å². The number of carbonyl (C=O) groups is 2. The van der Waals surface area contributed by atoms with Gasteiger partial charge in [-0.3, -0.25) is 0 Å². The Labute approximate surface area is 163 Å². The fourth-order valence-corrected chi connectivity index (χ4v) is 2.76. The maximum atomic E-state index is 12.2. The Bertz CT molecular complexity index is 589. The molecule has 0 unspecified atom stereocenters. The van der Waals surface area contributed by atoms with Gasteiger partial charge in [0.2, 0.25) is 0 Å². The van der Waals surface area contributed by atoms with E-state index < -0.39 is 12.2 Å². The molecule has 0 N–H and O–H groups in total. The Kier molecular flexibility index (Phi) is 10.3. The van der Waals surface area contributed by atoms with Crippen molar-refractivity contribution in [2.75, 3.05) is 26.3 Å². The van der Waals surface area contributed by atoms with E-state index in [1.807, 2.05) is 6.08 Å². The minimum atomic E-state index is -0.532. The molecule has 1 heterocycles. The molecule has 0 bridgehead atoms. The number of nitrogens with zero attached hydrogens (tertiary/aromatic N) is 2. The standard InChI is InChI=1S/C21H34N2O4/c1-6-26-20(24)22-15-14-19(16-23(22)21(25)27-7-2)13-9-12-18(5)11-8-10-17(3)4/h10,12,14H,6-9,11,13,15-16H2,1-5H3/b18-12+. The second-order valence-corrected chi connectivity index (χ2v) is 6.81. The molecule has 0 aromatic heterocycles. The van der Waals surface area contributed by atoms with Gasteiger partial charge in [0.15, 0.2) is 0 Å². The van der Waals surface area contributed by atoms with Crippen molar-refractivity contribution in [2.45, 2.75) is 60.3 Å². The van der Waals surface area contributed by atoms with Gasteiger partial charge in [0.05, 0.1) is 26.3 Å². The highest BCUT2D eigenvalue weighted by molar-refractivity contribution is 5.75. The first kappa shape index (κ1) is 22.8. The van der Waals surface area contributed by atoms with Crippen molar-refractivity contribution in [1.82, 2.24) is 10.0 Å². The Morgan fingerprint density at radius 2 is 1.63 bits per heavy atom. The van der Waals surface area contributed by atoms with Crippen LogP contribution in [0.5, 0.6) is 0 Å². The van der Waals surface area contributed by atoms with Gasteiger partial charge in [0, 0.05) is 0 Å². The Balaban J connectivity index is 2.65. The van der Waals surface area contributed by atoms with E-state index in [0.717, 1.165) is 31.3 Å². The van der Waals surface area contributed by atoms with Crippen LogP contribution in [0.4, 0.5) is 9.59 Å². The molecule has 1 aliphatic heterocycles. The van der Waals surface area contributed by atoms with Gasteiger partial charge in [0.1, 0.15) is 0 Å². The van der Waals surface area contributed by atoms with Crippen LogP contribution >= 0.6 is 0 Å². The summed E-state index contributed by atoms with van der Waals surface area (Å²) in [5, 5.41) is 2.63. The van der Waals surface area contributed by atoms with Gasteiger partial charge in [-0.15, -0.1) is 0 Å². The number of carbonyl (C=O) groups excluding carboxylic acids is 2. The van der Waals surface area contributed by atoms with Crippen molar-refractivity contribution in [1.29, 1.82) is 0 Å². The molecular formula is C21H34N2O4. The number of rotatable bonds is 8. The van der Waals surface area contributed by atoms with E-state index in [1.54, 1.807) is 13.8 Å². The third kappa shape index (κ3) is 8.33. The normalized spacial score (nSPS) is 14.6. The highest BCUT2D eigenvalue weighted by Gasteiger charge is 2.31. The van der Waals surface area contributed by atoms with Gasteiger partial charge in [-0.2, -0.15) is 0 Å². The summed E-state index contributed by atoms with van der Waals surface area (Å²) in [6.07, 6.45) is 9.36. The summed E-state index contributed by atoms with van der Waals surface area (Å²) < 4.78 is 10.1. The number of hydrogen-bond donors (Lipinski definition) is 0. The summed E-state index contributed by atoms with van der Waals surface area (Å²) >= 11 is 0. The molecule has 0 aliphatic carbocycles. The second-order valence-electron chi connectivity index (χ2n) is 6.81. The molecule has 6 heteroatoms. The summed E-state index contributed by atoms with van der Waals surface area (Å²) in [5.41, 5.74) is 3.84. The largest absolute Gasteiger partial charge is 0.448 e. The van der Waals surface area contributed by atoms with Crippen LogP contribution in [0.2, 0.25) is 0 Å². The van der Waals surface area contributed by atoms with Crippen molar-refractivity contribution in [2.24, 2.45) is 0 Å². The molecular weight excluding hydrogens is 344 g/mol. The predicted octanol–water partition coefficient (Wildman–Crippen LogP) is 5.23. The van der Waals surface area contributed by atoms with Crippen molar-refractivity contribution in [3.63, 3.8) is 0 Å². The van der Waals surface area contributed by atoms with Crippen LogP contribution in [-0.2, 0) is 9.47 Å². The van der Waals surface area contributed by atoms with Crippen molar-refractivity contribution < 1.29 is 19.1 Å². The lowest BCUT2D eigenvalue weighted by molar-refractivity contribution is -0.0140. The molecule has 2 amide bonds. The summed E-state index contributed by atoms with van der Waals surface area (Å²) in [7, 11) is 0. The highest BCUT2D eigenvalue weighted by Crippen LogP contribution is 2.19. The minimum Gasteiger partial charge on any atom is -0.448 e. The number of hydrogen-bond acceptors (Lipinski definition) is 4. The van der Waals surface area contributed by atoms with Crippen molar-refractivity contribution in [3.8, 4) is 0 Å². The van der Waals surface area contributed by atoms with Crippen LogP contribution in [0, 0.1) is 0 Å². The number of hydrazine groups is 1. The predicted molar refractivity (Wildman–Crippen MR) is 107 cm³/mol. The van der Waals surface area contributed by atoms with Crippen molar-refractivity contribution >= 4 is 12.2 Å². The number of amides is 2. The summed E-state index contributed by atoms with van der Waals surface area (Å²) in [4.78, 5) is 24.3. The first-order chi connectivity index (χ1) is 12.9. The molecule has 0 aromatic carbocycles. The third-order valence-corrected chi connectivity index (χ3v) is 4.20. The fourth-order valence-electron chi connectivity index (χ4n) is 2.76. The van der Waals surface area contributed by atoms with Gasteiger partial charge in [-0.25, -0.2) is 19.6 Å². The van der Waals surface area contributed by atoms with Crippen LogP contribution in [0.3, 0.4) is 0 Å². The Morgan fingerprint density at radius 3 is 2.22 bits per heavy atom. The van der Waals surface area contributed by atoms with Crippen LogP contribution in [0.1, 0.15) is 60.3 Å². The fraction of sp³-hybridized carbons (Fsp3) is 0.619. The lowest BCUT2D eigenvalue weighted by atomic mass is 10.0. The maximum Gasteiger partial charge on any atom is 0.429 e. The van der Waals surface area contributed by atoms with Crippen LogP contribution in [0.15, 0.2) is 34.9 Å². The molecule has 0 saturated heterocycles. The van der Waals surface area contributed by atoms with E-state index >= 15 is 0 Å². The van der Waals surface area contributed by atoms with E-state index in [-0.39, 0.29) is 13.2 Å². The van der Waals surface area contributed by atoms with Crippen LogP contribution in [-0.4, -0.2) is 48.5 Å². The lowest BCUT2D eigenvalue weighted by Gasteiger charge is -2.36. The van der Waals surface area contributed by atoms with Gasteiger partial charge in [0.25, 0.3) is 0 Å². The summed E-state index contributed by atoms with van der Waals surface area (Å²) in [5.74, 6) is 0. The van der Waals surface area contributed by atoms with E-state index in [2.05, 4.69) is 32.9 Å². The molecule has 0 spiro atoms. The average Bonchev–Trinajstić information content (AvgIpc) is 2.61. The monoisotopic (exact) mass is 378 g/mol. The van der Waals surface area contributed by atoms with Crippen LogP contribution in [0.25, 0.3) is 0 Å². The number of ether oxygens (including phenoxy) is 2. The molecule has 27 heavy (non-hydrogen) atoms.